The lowest BCUT2D eigenvalue weighted by atomic mass is 10.2. The monoisotopic (exact) mass is 200 g/mol. The highest BCUT2D eigenvalue weighted by molar-refractivity contribution is 6.14. The van der Waals surface area contributed by atoms with E-state index in [1.807, 2.05) is 6.04 Å². The Bertz CT molecular complexity index is 430. The molecule has 1 aromatic heterocycles. The maximum Gasteiger partial charge on any atom is 0.266 e. The van der Waals surface area contributed by atoms with Gasteiger partial charge in [-0.3, -0.25) is 19.9 Å². The second-order valence-electron chi connectivity index (χ2n) is 2.57. The van der Waals surface area contributed by atoms with Crippen molar-refractivity contribution in [1.29, 1.82) is 0 Å². The summed E-state index contributed by atoms with van der Waals surface area (Å²) in [5.41, 5.74) is 0.457. The molecule has 1 aromatic rings. The Morgan fingerprint density at radius 2 is 2.33 bits per heavy atom. The van der Waals surface area contributed by atoms with Gasteiger partial charge in [0, 0.05) is 12.2 Å². The van der Waals surface area contributed by atoms with Crippen molar-refractivity contribution in [3.05, 3.63) is 35.7 Å². The smallest absolute Gasteiger partial charge is 0.266 e. The standard InChI is InChI=1S/C11H8N2O2/c1-2-12-11(15)9(8-14)7-10-5-3-4-6-13-10/h1,3-8H,(H,12,15)/b9-7+. The van der Waals surface area contributed by atoms with Gasteiger partial charge in [0.1, 0.15) is 0 Å². The summed E-state index contributed by atoms with van der Waals surface area (Å²) in [7, 11) is 0. The molecule has 0 saturated heterocycles. The number of hydrogen-bond acceptors (Lipinski definition) is 3. The highest BCUT2D eigenvalue weighted by Gasteiger charge is 2.06. The number of aldehydes is 1. The van der Waals surface area contributed by atoms with Crippen LogP contribution in [0.5, 0.6) is 0 Å². The second kappa shape index (κ2) is 5.35. The molecule has 1 heterocycles. The van der Waals surface area contributed by atoms with E-state index >= 15 is 0 Å². The minimum atomic E-state index is -0.613. The Hall–Kier alpha value is -2.41. The summed E-state index contributed by atoms with van der Waals surface area (Å²) < 4.78 is 0. The topological polar surface area (TPSA) is 59.1 Å². The van der Waals surface area contributed by atoms with Crippen molar-refractivity contribution in [2.24, 2.45) is 0 Å². The third-order valence-corrected chi connectivity index (χ3v) is 1.57. The third kappa shape index (κ3) is 3.08. The SMILES string of the molecule is C#CNC(=O)/C(C=O)=C/c1ccccn1. The van der Waals surface area contributed by atoms with Crippen LogP contribution in [0.1, 0.15) is 5.69 Å². The van der Waals surface area contributed by atoms with Crippen LogP contribution >= 0.6 is 0 Å². The van der Waals surface area contributed by atoms with Crippen LogP contribution in [0, 0.1) is 12.5 Å². The zero-order valence-electron chi connectivity index (χ0n) is 7.81. The van der Waals surface area contributed by atoms with Crippen LogP contribution in [-0.2, 0) is 9.59 Å². The van der Waals surface area contributed by atoms with E-state index in [1.54, 1.807) is 24.4 Å². The number of nitrogens with one attached hydrogen (secondary N) is 1. The van der Waals surface area contributed by atoms with E-state index in [1.165, 1.54) is 6.08 Å². The lowest BCUT2D eigenvalue weighted by Crippen LogP contribution is -2.20. The van der Waals surface area contributed by atoms with Crippen molar-refractivity contribution in [2.75, 3.05) is 0 Å². The largest absolute Gasteiger partial charge is 0.298 e. The van der Waals surface area contributed by atoms with Gasteiger partial charge in [0.2, 0.25) is 0 Å². The number of nitrogens with zero attached hydrogens (tertiary/aromatic N) is 1. The van der Waals surface area contributed by atoms with E-state index in [9.17, 15) is 9.59 Å². The number of aromatic nitrogens is 1. The molecular formula is C11H8N2O2. The molecule has 4 heteroatoms. The molecule has 0 fully saturated rings. The number of hydrogen-bond donors (Lipinski definition) is 1. The zero-order valence-corrected chi connectivity index (χ0v) is 7.81. The molecule has 1 N–H and O–H groups in total. The third-order valence-electron chi connectivity index (χ3n) is 1.57. The van der Waals surface area contributed by atoms with E-state index < -0.39 is 5.91 Å². The first-order valence-electron chi connectivity index (χ1n) is 4.12. The van der Waals surface area contributed by atoms with Crippen LogP contribution in [0.4, 0.5) is 0 Å². The summed E-state index contributed by atoms with van der Waals surface area (Å²) in [6.07, 6.45) is 8.23. The molecule has 4 nitrogen and oxygen atoms in total. The van der Waals surface area contributed by atoms with Crippen molar-refractivity contribution in [1.82, 2.24) is 10.3 Å². The molecule has 0 bridgehead atoms. The first kappa shape index (κ1) is 10.7. The highest BCUT2D eigenvalue weighted by Crippen LogP contribution is 2.01. The number of rotatable bonds is 3. The van der Waals surface area contributed by atoms with E-state index in [2.05, 4.69) is 10.3 Å². The Morgan fingerprint density at radius 3 is 2.87 bits per heavy atom. The molecule has 74 valence electrons. The molecule has 0 aliphatic heterocycles. The molecule has 15 heavy (non-hydrogen) atoms. The van der Waals surface area contributed by atoms with Crippen LogP contribution in [-0.4, -0.2) is 17.2 Å². The molecule has 0 unspecified atom stereocenters. The summed E-state index contributed by atoms with van der Waals surface area (Å²) in [4.78, 5) is 25.7. The normalized spacial score (nSPS) is 10.2. The fourth-order valence-electron chi connectivity index (χ4n) is 0.911. The molecule has 0 aromatic carbocycles. The lowest BCUT2D eigenvalue weighted by molar-refractivity contribution is -0.118. The van der Waals surface area contributed by atoms with E-state index in [-0.39, 0.29) is 5.57 Å². The zero-order chi connectivity index (χ0) is 11.1. The lowest BCUT2D eigenvalue weighted by Gasteiger charge is -1.96. The van der Waals surface area contributed by atoms with Gasteiger partial charge in [0.15, 0.2) is 6.29 Å². The average Bonchev–Trinajstić information content (AvgIpc) is 2.27. The summed E-state index contributed by atoms with van der Waals surface area (Å²) in [5, 5.41) is 2.08. The summed E-state index contributed by atoms with van der Waals surface area (Å²) in [6.45, 7) is 0. The molecule has 1 rings (SSSR count). The van der Waals surface area contributed by atoms with Gasteiger partial charge in [0.25, 0.3) is 5.91 Å². The van der Waals surface area contributed by atoms with Crippen molar-refractivity contribution < 1.29 is 9.59 Å². The Balaban J connectivity index is 2.94. The van der Waals surface area contributed by atoms with Gasteiger partial charge < -0.3 is 0 Å². The summed E-state index contributed by atoms with van der Waals surface area (Å²) >= 11 is 0. The van der Waals surface area contributed by atoms with Gasteiger partial charge in [-0.05, 0) is 18.2 Å². The highest BCUT2D eigenvalue weighted by atomic mass is 16.2. The predicted molar refractivity (Wildman–Crippen MR) is 55.3 cm³/mol. The molecule has 0 saturated carbocycles. The molecule has 0 atom stereocenters. The van der Waals surface area contributed by atoms with Gasteiger partial charge in [0.05, 0.1) is 11.3 Å². The summed E-state index contributed by atoms with van der Waals surface area (Å²) in [6, 6.07) is 7.11. The first-order chi connectivity index (χ1) is 7.27. The molecule has 0 aliphatic rings. The minimum absolute atomic E-state index is 0.0633. The number of amides is 1. The quantitative estimate of drug-likeness (QED) is 0.191. The van der Waals surface area contributed by atoms with Gasteiger partial charge in [-0.1, -0.05) is 12.5 Å². The second-order valence-corrected chi connectivity index (χ2v) is 2.57. The molecular weight excluding hydrogens is 192 g/mol. The van der Waals surface area contributed by atoms with Crippen LogP contribution in [0.3, 0.4) is 0 Å². The van der Waals surface area contributed by atoms with E-state index in [4.69, 9.17) is 6.42 Å². The van der Waals surface area contributed by atoms with Crippen molar-refractivity contribution >= 4 is 18.3 Å². The van der Waals surface area contributed by atoms with Crippen molar-refractivity contribution in [3.63, 3.8) is 0 Å². The number of carbonyl (C=O) groups excluding carboxylic acids is 2. The minimum Gasteiger partial charge on any atom is -0.298 e. The van der Waals surface area contributed by atoms with Crippen LogP contribution < -0.4 is 5.32 Å². The van der Waals surface area contributed by atoms with Gasteiger partial charge in [-0.25, -0.2) is 0 Å². The Morgan fingerprint density at radius 1 is 1.53 bits per heavy atom. The summed E-state index contributed by atoms with van der Waals surface area (Å²) in [5.74, 6) is -0.613. The maximum atomic E-state index is 11.2. The van der Waals surface area contributed by atoms with Crippen LogP contribution in [0.15, 0.2) is 30.0 Å². The fourth-order valence-corrected chi connectivity index (χ4v) is 0.911. The predicted octanol–water partition coefficient (Wildman–Crippen LogP) is 0.371. The van der Waals surface area contributed by atoms with Crippen LogP contribution in [0.25, 0.3) is 6.08 Å². The fraction of sp³-hybridized carbons (Fsp3) is 0. The Labute approximate surface area is 87.0 Å². The maximum absolute atomic E-state index is 11.2. The van der Waals surface area contributed by atoms with E-state index in [0.717, 1.165) is 0 Å². The van der Waals surface area contributed by atoms with Gasteiger partial charge >= 0.3 is 0 Å². The van der Waals surface area contributed by atoms with Crippen LogP contribution in [0.2, 0.25) is 0 Å². The molecule has 0 aliphatic carbocycles. The van der Waals surface area contributed by atoms with Crippen molar-refractivity contribution in [2.45, 2.75) is 0 Å². The Kier molecular flexibility index (Phi) is 3.80. The van der Waals surface area contributed by atoms with Gasteiger partial charge in [-0.15, -0.1) is 0 Å². The van der Waals surface area contributed by atoms with Crippen molar-refractivity contribution in [3.8, 4) is 12.5 Å². The first-order valence-corrected chi connectivity index (χ1v) is 4.12. The molecule has 0 spiro atoms. The van der Waals surface area contributed by atoms with E-state index in [0.29, 0.717) is 12.0 Å². The molecule has 1 amide bonds. The molecule has 0 radical (unpaired) electrons. The van der Waals surface area contributed by atoms with Gasteiger partial charge in [-0.2, -0.15) is 0 Å². The average molecular weight is 200 g/mol. The number of pyridine rings is 1. The number of carbonyl (C=O) groups is 2. The number of terminal acetylenes is 1.